The van der Waals surface area contributed by atoms with Gasteiger partial charge in [-0.05, 0) is 67.8 Å². The summed E-state index contributed by atoms with van der Waals surface area (Å²) in [6.07, 6.45) is -3.37. The van der Waals surface area contributed by atoms with Crippen LogP contribution < -0.4 is 4.90 Å². The molecule has 0 saturated carbocycles. The number of halogens is 4. The third-order valence-electron chi connectivity index (χ3n) is 4.80. The lowest BCUT2D eigenvalue weighted by Crippen LogP contribution is -2.36. The zero-order valence-electron chi connectivity index (χ0n) is 15.4. The topological polar surface area (TPSA) is 51.0 Å². The smallest absolute Gasteiger partial charge is 0.305 e. The van der Waals surface area contributed by atoms with E-state index in [2.05, 4.69) is 10.1 Å². The number of amides is 1. The van der Waals surface area contributed by atoms with Crippen molar-refractivity contribution in [3.63, 3.8) is 0 Å². The average Bonchev–Trinajstić information content (AvgIpc) is 3.08. The zero-order chi connectivity index (χ0) is 20.8. The predicted molar refractivity (Wildman–Crippen MR) is 103 cm³/mol. The van der Waals surface area contributed by atoms with Gasteiger partial charge in [-0.25, -0.2) is 9.67 Å². The van der Waals surface area contributed by atoms with Crippen LogP contribution in [0.1, 0.15) is 34.0 Å². The van der Waals surface area contributed by atoms with Gasteiger partial charge in [0.1, 0.15) is 5.82 Å². The van der Waals surface area contributed by atoms with Gasteiger partial charge in [-0.1, -0.05) is 11.6 Å². The second kappa shape index (κ2) is 7.18. The monoisotopic (exact) mass is 420 g/mol. The molecule has 3 aromatic rings. The maximum absolute atomic E-state index is 13.0. The van der Waals surface area contributed by atoms with Crippen LogP contribution in [-0.4, -0.2) is 27.2 Å². The number of fused-ring (bicyclic) bond motifs is 1. The second-order valence-electron chi connectivity index (χ2n) is 6.77. The quantitative estimate of drug-likeness (QED) is 0.596. The highest BCUT2D eigenvalue weighted by Crippen LogP contribution is 2.35. The van der Waals surface area contributed by atoms with E-state index in [0.29, 0.717) is 47.2 Å². The average molecular weight is 421 g/mol. The van der Waals surface area contributed by atoms with Crippen LogP contribution in [0.3, 0.4) is 0 Å². The standard InChI is InChI=1S/C20H16ClF3N4O/c1-12-25-18(26-28(12)16-7-5-15(21)6-8-16)19(29)27-10-2-3-13-11-14(20(22,23)24)4-9-17(13)27/h4-9,11H,2-3,10H2,1H3. The molecule has 0 saturated heterocycles. The molecule has 150 valence electrons. The van der Waals surface area contributed by atoms with E-state index in [1.807, 2.05) is 0 Å². The van der Waals surface area contributed by atoms with E-state index in [4.69, 9.17) is 11.6 Å². The lowest BCUT2D eigenvalue weighted by atomic mass is 9.99. The number of rotatable bonds is 2. The lowest BCUT2D eigenvalue weighted by molar-refractivity contribution is -0.137. The summed E-state index contributed by atoms with van der Waals surface area (Å²) in [7, 11) is 0. The largest absolute Gasteiger partial charge is 0.416 e. The molecule has 0 spiro atoms. The second-order valence-corrected chi connectivity index (χ2v) is 7.21. The summed E-state index contributed by atoms with van der Waals surface area (Å²) in [4.78, 5) is 18.7. The Balaban J connectivity index is 1.66. The molecule has 1 aliphatic heterocycles. The molecule has 1 aromatic heterocycles. The van der Waals surface area contributed by atoms with Gasteiger partial charge in [0, 0.05) is 17.3 Å². The molecule has 29 heavy (non-hydrogen) atoms. The number of nitrogens with zero attached hydrogens (tertiary/aromatic N) is 4. The van der Waals surface area contributed by atoms with E-state index in [0.717, 1.165) is 12.1 Å². The number of carbonyl (C=O) groups is 1. The van der Waals surface area contributed by atoms with Gasteiger partial charge in [0.25, 0.3) is 5.91 Å². The third kappa shape index (κ3) is 3.72. The fourth-order valence-electron chi connectivity index (χ4n) is 3.41. The highest BCUT2D eigenvalue weighted by molar-refractivity contribution is 6.30. The first-order chi connectivity index (χ1) is 13.7. The maximum Gasteiger partial charge on any atom is 0.416 e. The maximum atomic E-state index is 13.0. The van der Waals surface area contributed by atoms with Crippen molar-refractivity contribution in [3.05, 3.63) is 70.3 Å². The van der Waals surface area contributed by atoms with Crippen molar-refractivity contribution in [2.75, 3.05) is 11.4 Å². The molecule has 1 aliphatic rings. The van der Waals surface area contributed by atoms with Gasteiger partial charge in [-0.2, -0.15) is 13.2 Å². The number of hydrogen-bond donors (Lipinski definition) is 0. The van der Waals surface area contributed by atoms with Crippen molar-refractivity contribution in [1.29, 1.82) is 0 Å². The first kappa shape index (κ1) is 19.4. The van der Waals surface area contributed by atoms with Gasteiger partial charge in [-0.3, -0.25) is 4.79 Å². The Labute approximate surface area is 169 Å². The Morgan fingerprint density at radius 1 is 1.14 bits per heavy atom. The molecule has 0 unspecified atom stereocenters. The van der Waals surface area contributed by atoms with E-state index in [-0.39, 0.29) is 5.82 Å². The molecule has 5 nitrogen and oxygen atoms in total. The summed E-state index contributed by atoms with van der Waals surface area (Å²) in [6, 6.07) is 10.4. The highest BCUT2D eigenvalue weighted by Gasteiger charge is 2.33. The van der Waals surface area contributed by atoms with E-state index in [9.17, 15) is 18.0 Å². The third-order valence-corrected chi connectivity index (χ3v) is 5.05. The summed E-state index contributed by atoms with van der Waals surface area (Å²) in [5.74, 6) is 0.0621. The van der Waals surface area contributed by atoms with Crippen LogP contribution >= 0.6 is 11.6 Å². The van der Waals surface area contributed by atoms with Crippen LogP contribution in [0.5, 0.6) is 0 Å². The zero-order valence-corrected chi connectivity index (χ0v) is 16.1. The molecular formula is C20H16ClF3N4O. The number of alkyl halides is 3. The Kier molecular flexibility index (Phi) is 4.82. The minimum absolute atomic E-state index is 0.00908. The molecule has 0 radical (unpaired) electrons. The molecular weight excluding hydrogens is 405 g/mol. The van der Waals surface area contributed by atoms with Gasteiger partial charge in [0.15, 0.2) is 0 Å². The highest BCUT2D eigenvalue weighted by atomic mass is 35.5. The molecule has 0 N–H and O–H groups in total. The van der Waals surface area contributed by atoms with Gasteiger partial charge >= 0.3 is 6.18 Å². The minimum Gasteiger partial charge on any atom is -0.305 e. The normalized spacial score (nSPS) is 14.0. The number of hydrogen-bond acceptors (Lipinski definition) is 3. The van der Waals surface area contributed by atoms with Gasteiger partial charge < -0.3 is 4.90 Å². The first-order valence-electron chi connectivity index (χ1n) is 8.95. The summed E-state index contributed by atoms with van der Waals surface area (Å²) in [5.41, 5.74) is 0.946. The SMILES string of the molecule is Cc1nc(C(=O)N2CCCc3cc(C(F)(F)F)ccc32)nn1-c1ccc(Cl)cc1. The molecule has 9 heteroatoms. The molecule has 0 fully saturated rings. The molecule has 4 rings (SSSR count). The molecule has 2 heterocycles. The van der Waals surface area contributed by atoms with Crippen LogP contribution in [0.15, 0.2) is 42.5 Å². The molecule has 0 atom stereocenters. The Hall–Kier alpha value is -2.87. The summed E-state index contributed by atoms with van der Waals surface area (Å²) in [5, 5.41) is 4.88. The Bertz CT molecular complexity index is 1080. The van der Waals surface area contributed by atoms with Gasteiger partial charge in [0.2, 0.25) is 5.82 Å². The number of benzene rings is 2. The van der Waals surface area contributed by atoms with E-state index in [1.165, 1.54) is 15.6 Å². The Morgan fingerprint density at radius 2 is 1.86 bits per heavy atom. The van der Waals surface area contributed by atoms with Crippen LogP contribution in [-0.2, 0) is 12.6 Å². The summed E-state index contributed by atoms with van der Waals surface area (Å²) < 4.78 is 40.5. The van der Waals surface area contributed by atoms with Crippen molar-refractivity contribution >= 4 is 23.2 Å². The van der Waals surface area contributed by atoms with Gasteiger partial charge in [0.05, 0.1) is 11.3 Å². The van der Waals surface area contributed by atoms with Crippen LogP contribution in [0, 0.1) is 6.92 Å². The fourth-order valence-corrected chi connectivity index (χ4v) is 3.54. The summed E-state index contributed by atoms with van der Waals surface area (Å²) >= 11 is 5.91. The fraction of sp³-hybridized carbons (Fsp3) is 0.250. The van der Waals surface area contributed by atoms with Crippen LogP contribution in [0.2, 0.25) is 5.02 Å². The van der Waals surface area contributed by atoms with Crippen LogP contribution in [0.25, 0.3) is 5.69 Å². The van der Waals surface area contributed by atoms with E-state index < -0.39 is 17.6 Å². The number of anilines is 1. The van der Waals surface area contributed by atoms with Crippen molar-refractivity contribution < 1.29 is 18.0 Å². The van der Waals surface area contributed by atoms with Crippen molar-refractivity contribution in [3.8, 4) is 5.69 Å². The molecule has 0 bridgehead atoms. The number of aromatic nitrogens is 3. The predicted octanol–water partition coefficient (Wildman–Crippen LogP) is 4.84. The minimum atomic E-state index is -4.42. The first-order valence-corrected chi connectivity index (χ1v) is 9.33. The van der Waals surface area contributed by atoms with Gasteiger partial charge in [-0.15, -0.1) is 5.10 Å². The molecule has 2 aromatic carbocycles. The lowest BCUT2D eigenvalue weighted by Gasteiger charge is -2.29. The Morgan fingerprint density at radius 3 is 2.55 bits per heavy atom. The summed E-state index contributed by atoms with van der Waals surface area (Å²) in [6.45, 7) is 2.11. The van der Waals surface area contributed by atoms with Crippen molar-refractivity contribution in [2.45, 2.75) is 25.9 Å². The number of carbonyl (C=O) groups excluding carboxylic acids is 1. The molecule has 0 aliphatic carbocycles. The molecule has 1 amide bonds. The van der Waals surface area contributed by atoms with Crippen molar-refractivity contribution in [1.82, 2.24) is 14.8 Å². The number of aryl methyl sites for hydroxylation is 2. The van der Waals surface area contributed by atoms with Crippen LogP contribution in [0.4, 0.5) is 18.9 Å². The van der Waals surface area contributed by atoms with Crippen molar-refractivity contribution in [2.24, 2.45) is 0 Å². The van der Waals surface area contributed by atoms with E-state index in [1.54, 1.807) is 31.2 Å². The van der Waals surface area contributed by atoms with E-state index >= 15 is 0 Å².